The minimum Gasteiger partial charge on any atom is -0.476 e. The van der Waals surface area contributed by atoms with Crippen LogP contribution in [-0.4, -0.2) is 32.0 Å². The quantitative estimate of drug-likeness (QED) is 0.879. The average Bonchev–Trinajstić information content (AvgIpc) is 3.22. The third-order valence-corrected chi connectivity index (χ3v) is 3.83. The lowest BCUT2D eigenvalue weighted by molar-refractivity contribution is -0.119. The molecule has 114 valence electrons. The first-order valence-electron chi connectivity index (χ1n) is 7.11. The number of rotatable bonds is 5. The molecular weight excluding hydrogens is 284 g/mol. The van der Waals surface area contributed by atoms with Crippen LogP contribution in [-0.2, 0) is 4.79 Å². The first kappa shape index (κ1) is 14.2. The number of aromatic nitrogens is 3. The number of nitrogens with zero attached hydrogens (tertiary/aromatic N) is 3. The summed E-state index contributed by atoms with van der Waals surface area (Å²) in [6.45, 7) is 1.94. The van der Waals surface area contributed by atoms with Crippen molar-refractivity contribution in [3.8, 4) is 5.69 Å². The summed E-state index contributed by atoms with van der Waals surface area (Å²) < 4.78 is 1.36. The lowest BCUT2D eigenvalue weighted by Crippen LogP contribution is -2.21. The Hall–Kier alpha value is -2.70. The van der Waals surface area contributed by atoms with Crippen molar-refractivity contribution in [2.24, 2.45) is 11.8 Å². The van der Waals surface area contributed by atoms with Crippen molar-refractivity contribution in [1.29, 1.82) is 0 Å². The highest BCUT2D eigenvalue weighted by atomic mass is 16.4. The van der Waals surface area contributed by atoms with E-state index in [9.17, 15) is 9.59 Å². The summed E-state index contributed by atoms with van der Waals surface area (Å²) in [7, 11) is 0. The van der Waals surface area contributed by atoms with E-state index in [1.165, 1.54) is 10.9 Å². The molecule has 1 aromatic carbocycles. The number of hydrogen-bond acceptors (Lipinski definition) is 4. The van der Waals surface area contributed by atoms with Gasteiger partial charge in [-0.2, -0.15) is 0 Å². The predicted octanol–water partition coefficient (Wildman–Crippen LogP) is 1.95. The van der Waals surface area contributed by atoms with Crippen molar-refractivity contribution in [3.63, 3.8) is 0 Å². The molecular formula is C15H16N4O3. The maximum Gasteiger partial charge on any atom is 0.358 e. The van der Waals surface area contributed by atoms with Crippen LogP contribution in [0.3, 0.4) is 0 Å². The van der Waals surface area contributed by atoms with Gasteiger partial charge < -0.3 is 10.4 Å². The zero-order valence-corrected chi connectivity index (χ0v) is 12.1. The van der Waals surface area contributed by atoms with Gasteiger partial charge in [-0.1, -0.05) is 18.2 Å². The van der Waals surface area contributed by atoms with Crippen LogP contribution in [0.1, 0.15) is 30.3 Å². The molecule has 7 heteroatoms. The minimum absolute atomic E-state index is 0.00413. The number of anilines is 1. The molecule has 0 saturated heterocycles. The first-order chi connectivity index (χ1) is 10.5. The molecule has 0 radical (unpaired) electrons. The number of aromatic carboxylic acids is 1. The minimum atomic E-state index is -1.13. The van der Waals surface area contributed by atoms with Crippen molar-refractivity contribution in [3.05, 3.63) is 36.2 Å². The van der Waals surface area contributed by atoms with E-state index in [0.717, 1.165) is 12.8 Å². The first-order valence-corrected chi connectivity index (χ1v) is 7.11. The van der Waals surface area contributed by atoms with Gasteiger partial charge in [0.05, 0.1) is 11.9 Å². The molecule has 1 amide bonds. The number of carbonyl (C=O) groups is 2. The van der Waals surface area contributed by atoms with Crippen molar-refractivity contribution >= 4 is 17.6 Å². The molecule has 0 aliphatic heterocycles. The summed E-state index contributed by atoms with van der Waals surface area (Å²) in [5.74, 6) is -0.622. The maximum absolute atomic E-state index is 12.1. The molecule has 1 atom stereocenters. The summed E-state index contributed by atoms with van der Waals surface area (Å²) in [6.07, 6.45) is 3.56. The number of carbonyl (C=O) groups excluding carboxylic acids is 1. The molecule has 3 rings (SSSR count). The van der Waals surface area contributed by atoms with Gasteiger partial charge in [0, 0.05) is 11.6 Å². The second kappa shape index (κ2) is 5.59. The van der Waals surface area contributed by atoms with Crippen LogP contribution < -0.4 is 5.32 Å². The molecule has 7 nitrogen and oxygen atoms in total. The Labute approximate surface area is 126 Å². The normalized spacial score (nSPS) is 15.3. The number of amides is 1. The van der Waals surface area contributed by atoms with Crippen LogP contribution in [0.4, 0.5) is 5.69 Å². The number of hydrogen-bond donors (Lipinski definition) is 2. The van der Waals surface area contributed by atoms with Crippen molar-refractivity contribution < 1.29 is 14.7 Å². The molecule has 1 fully saturated rings. The largest absolute Gasteiger partial charge is 0.476 e. The van der Waals surface area contributed by atoms with Gasteiger partial charge in [-0.3, -0.25) is 4.79 Å². The second-order valence-corrected chi connectivity index (χ2v) is 5.52. The Morgan fingerprint density at radius 3 is 2.82 bits per heavy atom. The van der Waals surface area contributed by atoms with Crippen molar-refractivity contribution in [2.75, 3.05) is 5.32 Å². The summed E-state index contributed by atoms with van der Waals surface area (Å²) in [5.41, 5.74) is 1.16. The average molecular weight is 300 g/mol. The zero-order chi connectivity index (χ0) is 15.7. The molecule has 2 N–H and O–H groups in total. The molecule has 1 aliphatic carbocycles. The Bertz CT molecular complexity index is 721. The van der Waals surface area contributed by atoms with E-state index >= 15 is 0 Å². The van der Waals surface area contributed by atoms with E-state index in [1.54, 1.807) is 24.3 Å². The van der Waals surface area contributed by atoms with Crippen LogP contribution in [0.15, 0.2) is 30.5 Å². The van der Waals surface area contributed by atoms with Crippen molar-refractivity contribution in [1.82, 2.24) is 15.0 Å². The summed E-state index contributed by atoms with van der Waals surface area (Å²) in [5, 5.41) is 19.1. The SMILES string of the molecule is CC(C(=O)Nc1cccc(-n2cc(C(=O)O)nn2)c1)C1CC1. The van der Waals surface area contributed by atoms with Crippen LogP contribution in [0.5, 0.6) is 0 Å². The molecule has 1 aromatic heterocycles. The van der Waals surface area contributed by atoms with Gasteiger partial charge in [-0.25, -0.2) is 9.48 Å². The van der Waals surface area contributed by atoms with Crippen LogP contribution in [0.25, 0.3) is 5.69 Å². The number of benzene rings is 1. The number of carboxylic acids is 1. The van der Waals surface area contributed by atoms with Gasteiger partial charge in [0.2, 0.25) is 5.91 Å². The molecule has 1 unspecified atom stereocenters. The smallest absolute Gasteiger partial charge is 0.358 e. The summed E-state index contributed by atoms with van der Waals surface area (Å²) in [4.78, 5) is 22.9. The van der Waals surface area contributed by atoms with E-state index in [-0.39, 0.29) is 17.5 Å². The van der Waals surface area contributed by atoms with E-state index in [4.69, 9.17) is 5.11 Å². The molecule has 0 bridgehead atoms. The van der Waals surface area contributed by atoms with E-state index in [0.29, 0.717) is 17.3 Å². The monoisotopic (exact) mass is 300 g/mol. The van der Waals surface area contributed by atoms with Gasteiger partial charge in [0.15, 0.2) is 5.69 Å². The predicted molar refractivity (Wildman–Crippen MR) is 78.8 cm³/mol. The molecule has 2 aromatic rings. The fraction of sp³-hybridized carbons (Fsp3) is 0.333. The summed E-state index contributed by atoms with van der Waals surface area (Å²) >= 11 is 0. The Balaban J connectivity index is 1.76. The molecule has 0 spiro atoms. The van der Waals surface area contributed by atoms with Crippen LogP contribution >= 0.6 is 0 Å². The number of carboxylic acid groups (broad SMARTS) is 1. The number of nitrogens with one attached hydrogen (secondary N) is 1. The summed E-state index contributed by atoms with van der Waals surface area (Å²) in [6, 6.07) is 7.06. The van der Waals surface area contributed by atoms with E-state index in [2.05, 4.69) is 15.6 Å². The maximum atomic E-state index is 12.1. The Kier molecular flexibility index (Phi) is 3.62. The van der Waals surface area contributed by atoms with Gasteiger partial charge >= 0.3 is 5.97 Å². The Morgan fingerprint density at radius 2 is 2.18 bits per heavy atom. The zero-order valence-electron chi connectivity index (χ0n) is 12.1. The molecule has 22 heavy (non-hydrogen) atoms. The van der Waals surface area contributed by atoms with Crippen LogP contribution in [0.2, 0.25) is 0 Å². The van der Waals surface area contributed by atoms with E-state index in [1.807, 2.05) is 6.92 Å². The molecule has 1 aliphatic rings. The van der Waals surface area contributed by atoms with E-state index < -0.39 is 5.97 Å². The lowest BCUT2D eigenvalue weighted by atomic mass is 10.1. The third-order valence-electron chi connectivity index (χ3n) is 3.83. The second-order valence-electron chi connectivity index (χ2n) is 5.52. The molecule has 1 saturated carbocycles. The lowest BCUT2D eigenvalue weighted by Gasteiger charge is -2.11. The fourth-order valence-corrected chi connectivity index (χ4v) is 2.28. The van der Waals surface area contributed by atoms with Gasteiger partial charge in [-0.05, 0) is 37.0 Å². The van der Waals surface area contributed by atoms with Crippen molar-refractivity contribution in [2.45, 2.75) is 19.8 Å². The standard InChI is InChI=1S/C15H16N4O3/c1-9(10-5-6-10)14(20)16-11-3-2-4-12(7-11)19-8-13(15(21)22)17-18-19/h2-4,7-10H,5-6H2,1H3,(H,16,20)(H,21,22). The van der Waals surface area contributed by atoms with Crippen LogP contribution in [0, 0.1) is 11.8 Å². The molecule has 1 heterocycles. The van der Waals surface area contributed by atoms with Gasteiger partial charge in [0.1, 0.15) is 0 Å². The fourth-order valence-electron chi connectivity index (χ4n) is 2.28. The topological polar surface area (TPSA) is 97.1 Å². The van der Waals surface area contributed by atoms with Gasteiger partial charge in [-0.15, -0.1) is 5.10 Å². The third kappa shape index (κ3) is 2.98. The highest BCUT2D eigenvalue weighted by Crippen LogP contribution is 2.37. The van der Waals surface area contributed by atoms with Gasteiger partial charge in [0.25, 0.3) is 0 Å². The highest BCUT2D eigenvalue weighted by molar-refractivity contribution is 5.93. The Morgan fingerprint density at radius 1 is 1.41 bits per heavy atom. The highest BCUT2D eigenvalue weighted by Gasteiger charge is 2.32.